The van der Waals surface area contributed by atoms with Crippen LogP contribution in [0.2, 0.25) is 0 Å². The van der Waals surface area contributed by atoms with E-state index >= 15 is 0 Å². The van der Waals surface area contributed by atoms with Gasteiger partial charge in [0, 0.05) is 31.2 Å². The Kier molecular flexibility index (Phi) is 4.48. The van der Waals surface area contributed by atoms with Crippen LogP contribution < -0.4 is 5.32 Å². The van der Waals surface area contributed by atoms with Crippen molar-refractivity contribution in [2.24, 2.45) is 11.8 Å². The summed E-state index contributed by atoms with van der Waals surface area (Å²) in [5.74, 6) is 2.04. The third kappa shape index (κ3) is 3.96. The molecule has 0 radical (unpaired) electrons. The third-order valence-electron chi connectivity index (χ3n) is 4.34. The lowest BCUT2D eigenvalue weighted by Gasteiger charge is -2.31. The van der Waals surface area contributed by atoms with Gasteiger partial charge in [0.2, 0.25) is 0 Å². The van der Waals surface area contributed by atoms with E-state index in [1.807, 2.05) is 0 Å². The van der Waals surface area contributed by atoms with Crippen molar-refractivity contribution in [2.45, 2.75) is 71.5 Å². The molecule has 0 spiro atoms. The molecule has 0 bridgehead atoms. The largest absolute Gasteiger partial charge is 0.312 e. The Bertz CT molecular complexity index is 201. The maximum Gasteiger partial charge on any atom is 0.0124 e. The number of nitrogens with zero attached hydrogens (tertiary/aromatic N) is 1. The van der Waals surface area contributed by atoms with E-state index in [-0.39, 0.29) is 0 Å². The Hall–Kier alpha value is -0.0800. The van der Waals surface area contributed by atoms with Gasteiger partial charge in [0.25, 0.3) is 0 Å². The normalized spacial score (nSPS) is 21.2. The first-order valence-electron chi connectivity index (χ1n) is 7.58. The minimum atomic E-state index is 0.664. The molecule has 0 atom stereocenters. The smallest absolute Gasteiger partial charge is 0.0124 e. The molecular weight excluding hydrogens is 208 g/mol. The molecule has 0 amide bonds. The van der Waals surface area contributed by atoms with E-state index in [0.29, 0.717) is 12.1 Å². The van der Waals surface area contributed by atoms with Crippen molar-refractivity contribution in [1.29, 1.82) is 0 Å². The molecular formula is C15H30N2. The molecule has 2 aliphatic rings. The molecule has 0 aromatic carbocycles. The van der Waals surface area contributed by atoms with Gasteiger partial charge in [0.05, 0.1) is 0 Å². The lowest BCUT2D eigenvalue weighted by molar-refractivity contribution is 0.172. The van der Waals surface area contributed by atoms with E-state index in [1.165, 1.54) is 38.8 Å². The van der Waals surface area contributed by atoms with Crippen molar-refractivity contribution < 1.29 is 0 Å². The zero-order valence-corrected chi connectivity index (χ0v) is 12.1. The lowest BCUT2D eigenvalue weighted by atomic mass is 10.1. The molecule has 0 saturated heterocycles. The van der Waals surface area contributed by atoms with Crippen LogP contribution in [0.25, 0.3) is 0 Å². The van der Waals surface area contributed by atoms with E-state index in [1.54, 1.807) is 0 Å². The second kappa shape index (κ2) is 5.71. The summed E-state index contributed by atoms with van der Waals surface area (Å²) in [6, 6.07) is 2.19. The minimum Gasteiger partial charge on any atom is -0.312 e. The van der Waals surface area contributed by atoms with Gasteiger partial charge in [0.1, 0.15) is 0 Å². The molecule has 2 nitrogen and oxygen atoms in total. The Morgan fingerprint density at radius 3 is 1.76 bits per heavy atom. The van der Waals surface area contributed by atoms with Gasteiger partial charge >= 0.3 is 0 Å². The Morgan fingerprint density at radius 1 is 0.941 bits per heavy atom. The Balaban J connectivity index is 1.69. The topological polar surface area (TPSA) is 15.3 Å². The maximum atomic E-state index is 3.84. The highest BCUT2D eigenvalue weighted by atomic mass is 15.2. The van der Waals surface area contributed by atoms with Gasteiger partial charge in [-0.15, -0.1) is 0 Å². The summed E-state index contributed by atoms with van der Waals surface area (Å²) in [7, 11) is 0. The first-order chi connectivity index (χ1) is 8.09. The minimum absolute atomic E-state index is 0.664. The number of hydrogen-bond donors (Lipinski definition) is 1. The van der Waals surface area contributed by atoms with Crippen molar-refractivity contribution >= 4 is 0 Å². The Labute approximate surface area is 107 Å². The highest BCUT2D eigenvalue weighted by molar-refractivity contribution is 4.96. The fourth-order valence-corrected chi connectivity index (χ4v) is 3.10. The van der Waals surface area contributed by atoms with Gasteiger partial charge in [0.15, 0.2) is 0 Å². The molecule has 0 aromatic rings. The van der Waals surface area contributed by atoms with E-state index in [9.17, 15) is 0 Å². The second-order valence-corrected chi connectivity index (χ2v) is 6.58. The summed E-state index contributed by atoms with van der Waals surface area (Å²) in [6.45, 7) is 11.6. The van der Waals surface area contributed by atoms with Gasteiger partial charge in [-0.05, 0) is 65.2 Å². The predicted molar refractivity (Wildman–Crippen MR) is 74.2 cm³/mol. The predicted octanol–water partition coefficient (Wildman–Crippen LogP) is 2.88. The summed E-state index contributed by atoms with van der Waals surface area (Å²) in [6.07, 6.45) is 5.91. The molecule has 2 aliphatic carbocycles. The fourth-order valence-electron chi connectivity index (χ4n) is 3.10. The highest BCUT2D eigenvalue weighted by Gasteiger charge is 2.40. The van der Waals surface area contributed by atoms with Crippen LogP contribution in [-0.4, -0.2) is 36.1 Å². The SMILES string of the molecule is CC(C)N(CCNC(C1CC1)C1CC1)C(C)C. The first kappa shape index (κ1) is 13.4. The van der Waals surface area contributed by atoms with Crippen LogP contribution in [0.5, 0.6) is 0 Å². The van der Waals surface area contributed by atoms with Crippen LogP contribution in [0.4, 0.5) is 0 Å². The summed E-state index contributed by atoms with van der Waals surface area (Å²) < 4.78 is 0. The fraction of sp³-hybridized carbons (Fsp3) is 1.00. The van der Waals surface area contributed by atoms with Crippen LogP contribution >= 0.6 is 0 Å². The average molecular weight is 238 g/mol. The Morgan fingerprint density at radius 2 is 1.41 bits per heavy atom. The van der Waals surface area contributed by atoms with Gasteiger partial charge in [-0.25, -0.2) is 0 Å². The van der Waals surface area contributed by atoms with Crippen molar-refractivity contribution in [2.75, 3.05) is 13.1 Å². The van der Waals surface area contributed by atoms with E-state index in [4.69, 9.17) is 0 Å². The van der Waals surface area contributed by atoms with E-state index in [0.717, 1.165) is 17.9 Å². The van der Waals surface area contributed by atoms with Crippen molar-refractivity contribution in [3.05, 3.63) is 0 Å². The van der Waals surface area contributed by atoms with Crippen molar-refractivity contribution in [1.82, 2.24) is 10.2 Å². The van der Waals surface area contributed by atoms with Crippen LogP contribution in [-0.2, 0) is 0 Å². The molecule has 2 rings (SSSR count). The van der Waals surface area contributed by atoms with Crippen LogP contribution in [0.15, 0.2) is 0 Å². The van der Waals surface area contributed by atoms with Gasteiger partial charge in [-0.1, -0.05) is 0 Å². The molecule has 2 heteroatoms. The number of hydrogen-bond acceptors (Lipinski definition) is 2. The molecule has 2 fully saturated rings. The summed E-state index contributed by atoms with van der Waals surface area (Å²) in [5.41, 5.74) is 0. The summed E-state index contributed by atoms with van der Waals surface area (Å²) in [5, 5.41) is 3.84. The quantitative estimate of drug-likeness (QED) is 0.699. The van der Waals surface area contributed by atoms with Crippen molar-refractivity contribution in [3.63, 3.8) is 0 Å². The summed E-state index contributed by atoms with van der Waals surface area (Å²) in [4.78, 5) is 2.59. The molecule has 0 heterocycles. The maximum absolute atomic E-state index is 3.84. The first-order valence-corrected chi connectivity index (χ1v) is 7.58. The average Bonchev–Trinajstić information content (AvgIpc) is 3.11. The van der Waals surface area contributed by atoms with Crippen LogP contribution in [0.3, 0.4) is 0 Å². The van der Waals surface area contributed by atoms with Gasteiger partial charge < -0.3 is 5.32 Å². The van der Waals surface area contributed by atoms with Crippen LogP contribution in [0, 0.1) is 11.8 Å². The summed E-state index contributed by atoms with van der Waals surface area (Å²) >= 11 is 0. The number of nitrogens with one attached hydrogen (secondary N) is 1. The van der Waals surface area contributed by atoms with E-state index < -0.39 is 0 Å². The molecule has 100 valence electrons. The second-order valence-electron chi connectivity index (χ2n) is 6.58. The number of rotatable bonds is 8. The van der Waals surface area contributed by atoms with E-state index in [2.05, 4.69) is 37.9 Å². The molecule has 2 saturated carbocycles. The molecule has 1 N–H and O–H groups in total. The van der Waals surface area contributed by atoms with Crippen LogP contribution in [0.1, 0.15) is 53.4 Å². The zero-order valence-electron chi connectivity index (χ0n) is 12.1. The molecule has 0 unspecified atom stereocenters. The van der Waals surface area contributed by atoms with Gasteiger partial charge in [-0.2, -0.15) is 0 Å². The standard InChI is InChI=1S/C15H30N2/c1-11(2)17(12(3)4)10-9-16-15(13-5-6-13)14-7-8-14/h11-16H,5-10H2,1-4H3. The third-order valence-corrected chi connectivity index (χ3v) is 4.34. The van der Waals surface area contributed by atoms with Crippen molar-refractivity contribution in [3.8, 4) is 0 Å². The molecule has 17 heavy (non-hydrogen) atoms. The molecule has 0 aliphatic heterocycles. The zero-order chi connectivity index (χ0) is 12.4. The monoisotopic (exact) mass is 238 g/mol. The molecule has 0 aromatic heterocycles. The van der Waals surface area contributed by atoms with Gasteiger partial charge in [-0.3, -0.25) is 4.90 Å². The lowest BCUT2D eigenvalue weighted by Crippen LogP contribution is -2.44. The highest BCUT2D eigenvalue weighted by Crippen LogP contribution is 2.44.